The molecule has 0 spiro atoms. The molecule has 0 bridgehead atoms. The lowest BCUT2D eigenvalue weighted by Crippen LogP contribution is -2.41. The summed E-state index contributed by atoms with van der Waals surface area (Å²) in [6.07, 6.45) is 3.10. The van der Waals surface area contributed by atoms with Crippen molar-refractivity contribution in [1.29, 1.82) is 0 Å². The summed E-state index contributed by atoms with van der Waals surface area (Å²) in [5.41, 5.74) is 5.95. The van der Waals surface area contributed by atoms with Gasteiger partial charge in [0.25, 0.3) is 15.9 Å². The number of halogens is 1. The van der Waals surface area contributed by atoms with Crippen molar-refractivity contribution in [2.24, 2.45) is 11.7 Å². The highest BCUT2D eigenvalue weighted by Gasteiger charge is 2.26. The number of aromatic nitrogens is 1. The van der Waals surface area contributed by atoms with Crippen molar-refractivity contribution in [3.63, 3.8) is 0 Å². The third-order valence-corrected chi connectivity index (χ3v) is 7.38. The SMILES string of the molecule is CON(C)S(=O)(=O)c1cc(C(=O)Nc2ccc(N3CCCC(C(N)=O)C3)nc2)ccc1Cl. The first-order chi connectivity index (χ1) is 15.1. The number of pyridine rings is 1. The second-order valence-electron chi connectivity index (χ2n) is 7.29. The Morgan fingerprint density at radius 2 is 2.06 bits per heavy atom. The average Bonchev–Trinajstić information content (AvgIpc) is 2.79. The Kier molecular flexibility index (Phi) is 7.34. The van der Waals surface area contributed by atoms with Crippen molar-refractivity contribution in [3.05, 3.63) is 47.1 Å². The Hall–Kier alpha value is -2.73. The van der Waals surface area contributed by atoms with Gasteiger partial charge in [0.2, 0.25) is 5.91 Å². The number of hydrogen-bond donors (Lipinski definition) is 2. The fraction of sp³-hybridized carbons (Fsp3) is 0.350. The molecule has 2 aromatic rings. The van der Waals surface area contributed by atoms with Crippen molar-refractivity contribution in [3.8, 4) is 0 Å². The third-order valence-electron chi connectivity index (χ3n) is 5.22. The molecule has 2 amide bonds. The van der Waals surface area contributed by atoms with E-state index in [2.05, 4.69) is 10.3 Å². The Labute approximate surface area is 191 Å². The number of benzene rings is 1. The molecule has 1 aromatic heterocycles. The summed E-state index contributed by atoms with van der Waals surface area (Å²) in [6.45, 7) is 1.27. The molecule has 0 radical (unpaired) electrons. The maximum absolute atomic E-state index is 12.7. The normalized spacial score (nSPS) is 16.8. The van der Waals surface area contributed by atoms with Gasteiger partial charge in [0.1, 0.15) is 10.7 Å². The summed E-state index contributed by atoms with van der Waals surface area (Å²) in [7, 11) is -1.60. The van der Waals surface area contributed by atoms with Gasteiger partial charge in [-0.25, -0.2) is 13.4 Å². The maximum Gasteiger partial charge on any atom is 0.266 e. The van der Waals surface area contributed by atoms with Crippen molar-refractivity contribution in [2.45, 2.75) is 17.7 Å². The highest BCUT2D eigenvalue weighted by atomic mass is 35.5. The number of piperidine rings is 1. The zero-order valence-electron chi connectivity index (χ0n) is 17.6. The van der Waals surface area contributed by atoms with Crippen molar-refractivity contribution in [2.75, 3.05) is 37.5 Å². The van der Waals surface area contributed by atoms with Crippen LogP contribution in [0.2, 0.25) is 5.02 Å². The van der Waals surface area contributed by atoms with Crippen LogP contribution in [0.15, 0.2) is 41.4 Å². The number of amides is 2. The molecule has 32 heavy (non-hydrogen) atoms. The predicted octanol–water partition coefficient (Wildman–Crippen LogP) is 1.87. The summed E-state index contributed by atoms with van der Waals surface area (Å²) in [4.78, 5) is 35.0. The Morgan fingerprint density at radius 1 is 1.31 bits per heavy atom. The summed E-state index contributed by atoms with van der Waals surface area (Å²) >= 11 is 6.03. The highest BCUT2D eigenvalue weighted by molar-refractivity contribution is 7.89. The highest BCUT2D eigenvalue weighted by Crippen LogP contribution is 2.26. The van der Waals surface area contributed by atoms with E-state index in [1.54, 1.807) is 12.1 Å². The summed E-state index contributed by atoms with van der Waals surface area (Å²) in [6, 6.07) is 7.36. The predicted molar refractivity (Wildman–Crippen MR) is 120 cm³/mol. The lowest BCUT2D eigenvalue weighted by molar-refractivity contribution is -0.122. The summed E-state index contributed by atoms with van der Waals surface area (Å²) < 4.78 is 25.7. The quantitative estimate of drug-likeness (QED) is 0.576. The number of nitrogens with zero attached hydrogens (tertiary/aromatic N) is 3. The molecule has 1 atom stereocenters. The summed E-state index contributed by atoms with van der Waals surface area (Å²) in [5, 5.41) is 2.64. The molecule has 3 rings (SSSR count). The van der Waals surface area contributed by atoms with Gasteiger partial charge in [-0.05, 0) is 43.2 Å². The Bertz CT molecular complexity index is 1110. The molecule has 10 nitrogen and oxygen atoms in total. The van der Waals surface area contributed by atoms with Crippen LogP contribution in [0.1, 0.15) is 23.2 Å². The van der Waals surface area contributed by atoms with Gasteiger partial charge in [-0.15, -0.1) is 0 Å². The largest absolute Gasteiger partial charge is 0.369 e. The standard InChI is InChI=1S/C20H24ClN5O5S/c1-25(31-2)32(29,30)17-10-13(5-7-16(17)21)20(28)24-15-6-8-18(23-11-15)26-9-3-4-14(12-26)19(22)27/h5-8,10-11,14H,3-4,9,12H2,1-2H3,(H2,22,27)(H,24,28). The van der Waals surface area contributed by atoms with Crippen LogP contribution in [0.3, 0.4) is 0 Å². The molecular weight excluding hydrogens is 458 g/mol. The summed E-state index contributed by atoms with van der Waals surface area (Å²) in [5.74, 6) is -0.381. The molecule has 0 saturated carbocycles. The number of rotatable bonds is 7. The van der Waals surface area contributed by atoms with Crippen LogP contribution in [0, 0.1) is 5.92 Å². The van der Waals surface area contributed by atoms with E-state index in [4.69, 9.17) is 22.2 Å². The van der Waals surface area contributed by atoms with Crippen LogP contribution in [0.4, 0.5) is 11.5 Å². The minimum absolute atomic E-state index is 0.0349. The Morgan fingerprint density at radius 3 is 2.69 bits per heavy atom. The number of carbonyl (C=O) groups is 2. The molecule has 2 heterocycles. The number of nitrogens with two attached hydrogens (primary N) is 1. The van der Waals surface area contributed by atoms with Gasteiger partial charge in [0.15, 0.2) is 0 Å². The van der Waals surface area contributed by atoms with Gasteiger partial charge in [-0.1, -0.05) is 16.1 Å². The lowest BCUT2D eigenvalue weighted by atomic mass is 9.97. The molecule has 3 N–H and O–H groups in total. The number of carbonyl (C=O) groups excluding carboxylic acids is 2. The van der Waals surface area contributed by atoms with Crippen molar-refractivity contribution < 1.29 is 22.8 Å². The van der Waals surface area contributed by atoms with Crippen molar-refractivity contribution in [1.82, 2.24) is 9.45 Å². The molecule has 172 valence electrons. The minimum Gasteiger partial charge on any atom is -0.369 e. The third kappa shape index (κ3) is 5.18. The molecule has 0 aliphatic carbocycles. The minimum atomic E-state index is -4.03. The second-order valence-corrected chi connectivity index (χ2v) is 9.60. The van der Waals surface area contributed by atoms with E-state index >= 15 is 0 Å². The zero-order valence-corrected chi connectivity index (χ0v) is 19.2. The molecular formula is C20H24ClN5O5S. The number of primary amides is 1. The van der Waals surface area contributed by atoms with Crippen LogP contribution in [0.5, 0.6) is 0 Å². The first-order valence-electron chi connectivity index (χ1n) is 9.77. The first-order valence-corrected chi connectivity index (χ1v) is 11.6. The van der Waals surface area contributed by atoms with E-state index in [0.29, 0.717) is 22.5 Å². The number of nitrogens with one attached hydrogen (secondary N) is 1. The van der Waals surface area contributed by atoms with E-state index in [-0.39, 0.29) is 27.3 Å². The van der Waals surface area contributed by atoms with Gasteiger partial charge in [-0.2, -0.15) is 0 Å². The van der Waals surface area contributed by atoms with Crippen LogP contribution < -0.4 is 16.0 Å². The molecule has 12 heteroatoms. The van der Waals surface area contributed by atoms with Crippen LogP contribution in [-0.4, -0.2) is 56.9 Å². The van der Waals surface area contributed by atoms with E-state index in [1.165, 1.54) is 38.6 Å². The molecule has 1 aliphatic heterocycles. The smallest absolute Gasteiger partial charge is 0.266 e. The first kappa shape index (κ1) is 23.9. The van der Waals surface area contributed by atoms with Crippen LogP contribution in [0.25, 0.3) is 0 Å². The zero-order chi connectivity index (χ0) is 23.5. The van der Waals surface area contributed by atoms with E-state index in [9.17, 15) is 18.0 Å². The number of hydrogen-bond acceptors (Lipinski definition) is 7. The molecule has 1 aliphatic rings. The van der Waals surface area contributed by atoms with Gasteiger partial charge in [0, 0.05) is 25.7 Å². The van der Waals surface area contributed by atoms with Gasteiger partial charge < -0.3 is 16.0 Å². The number of anilines is 2. The second kappa shape index (κ2) is 9.82. The van der Waals surface area contributed by atoms with Gasteiger partial charge >= 0.3 is 0 Å². The fourth-order valence-corrected chi connectivity index (χ4v) is 4.82. The molecule has 1 unspecified atom stereocenters. The molecule has 1 aromatic carbocycles. The Balaban J connectivity index is 1.74. The molecule has 1 saturated heterocycles. The fourth-order valence-electron chi connectivity index (χ4n) is 3.35. The lowest BCUT2D eigenvalue weighted by Gasteiger charge is -2.32. The monoisotopic (exact) mass is 481 g/mol. The molecule has 1 fully saturated rings. The van der Waals surface area contributed by atoms with Crippen molar-refractivity contribution >= 4 is 44.9 Å². The average molecular weight is 482 g/mol. The van der Waals surface area contributed by atoms with E-state index < -0.39 is 15.9 Å². The number of sulfonamides is 1. The van der Waals surface area contributed by atoms with Gasteiger partial charge in [0.05, 0.1) is 29.9 Å². The topological polar surface area (TPSA) is 135 Å². The van der Waals surface area contributed by atoms with E-state index in [0.717, 1.165) is 19.4 Å². The van der Waals surface area contributed by atoms with Gasteiger partial charge in [-0.3, -0.25) is 14.4 Å². The maximum atomic E-state index is 12.7. The van der Waals surface area contributed by atoms with Crippen LogP contribution >= 0.6 is 11.6 Å². The van der Waals surface area contributed by atoms with Crippen LogP contribution in [-0.2, 0) is 19.7 Å². The van der Waals surface area contributed by atoms with E-state index in [1.807, 2.05) is 4.90 Å². The number of hydroxylamine groups is 1.